The van der Waals surface area contributed by atoms with Crippen molar-refractivity contribution in [3.8, 4) is 0 Å². The predicted octanol–water partition coefficient (Wildman–Crippen LogP) is 2.39. The van der Waals surface area contributed by atoms with Gasteiger partial charge in [0.05, 0.1) is 0 Å². The lowest BCUT2D eigenvalue weighted by atomic mass is 9.95. The van der Waals surface area contributed by atoms with Crippen molar-refractivity contribution < 1.29 is 4.79 Å². The van der Waals surface area contributed by atoms with Crippen molar-refractivity contribution in [1.29, 1.82) is 0 Å². The van der Waals surface area contributed by atoms with E-state index in [2.05, 4.69) is 12.6 Å². The average Bonchev–Trinajstić information content (AvgIpc) is 1.64. The molecule has 0 saturated heterocycles. The van der Waals surface area contributed by atoms with Gasteiger partial charge in [-0.15, -0.1) is 0 Å². The van der Waals surface area contributed by atoms with Crippen LogP contribution in [0.5, 0.6) is 0 Å². The highest BCUT2D eigenvalue weighted by Gasteiger charge is 2.16. The summed E-state index contributed by atoms with van der Waals surface area (Å²) in [7, 11) is 0. The lowest BCUT2D eigenvalue weighted by Gasteiger charge is -2.12. The van der Waals surface area contributed by atoms with Crippen LogP contribution in [0.25, 0.3) is 0 Å². The molecule has 0 saturated carbocycles. The summed E-state index contributed by atoms with van der Waals surface area (Å²) >= 11 is 4.54. The zero-order valence-electron chi connectivity index (χ0n) is 6.18. The number of carbonyl (C=O) groups excluding carboxylic acids is 1. The van der Waals surface area contributed by atoms with Crippen molar-refractivity contribution in [3.05, 3.63) is 0 Å². The van der Waals surface area contributed by atoms with Crippen LogP contribution in [0.15, 0.2) is 0 Å². The second-order valence-corrected chi connectivity index (χ2v) is 2.98. The molecule has 0 heterocycles. The van der Waals surface area contributed by atoms with Crippen LogP contribution in [0, 0.1) is 11.8 Å². The van der Waals surface area contributed by atoms with Gasteiger partial charge in [-0.05, 0) is 25.0 Å². The van der Waals surface area contributed by atoms with Gasteiger partial charge < -0.3 is 0 Å². The number of hydrogen-bond donors (Lipinski definition) is 0. The Morgan fingerprint density at radius 3 is 2.00 bits per heavy atom. The molecule has 0 N–H and O–H groups in total. The molecular weight excluding hydrogens is 132 g/mol. The van der Waals surface area contributed by atoms with Gasteiger partial charge in [-0.1, -0.05) is 20.8 Å². The summed E-state index contributed by atoms with van der Waals surface area (Å²) in [5, 5.41) is -0.0903. The third-order valence-corrected chi connectivity index (χ3v) is 1.85. The van der Waals surface area contributed by atoms with Crippen LogP contribution < -0.4 is 0 Å². The zero-order valence-corrected chi connectivity index (χ0v) is 6.99. The van der Waals surface area contributed by atoms with E-state index in [1.165, 1.54) is 0 Å². The van der Waals surface area contributed by atoms with Crippen molar-refractivity contribution in [2.24, 2.45) is 11.8 Å². The Hall–Kier alpha value is -0.110. The maximum absolute atomic E-state index is 10.6. The SMILES string of the molecule is CCC(C(=O)[S])C(C)C. The fourth-order valence-electron chi connectivity index (χ4n) is 0.910. The molecule has 0 aromatic heterocycles. The monoisotopic (exact) mass is 145 g/mol. The molecule has 0 rings (SSSR count). The standard InChI is InChI=1S/C7H13OS/c1-4-6(5(2)3)7(8)9/h5-6H,4H2,1-3H3. The Labute approximate surface area is 62.2 Å². The summed E-state index contributed by atoms with van der Waals surface area (Å²) in [6, 6.07) is 0. The lowest BCUT2D eigenvalue weighted by Crippen LogP contribution is -2.14. The van der Waals surface area contributed by atoms with Gasteiger partial charge in [0, 0.05) is 5.92 Å². The second kappa shape index (κ2) is 3.83. The van der Waals surface area contributed by atoms with E-state index in [9.17, 15) is 4.79 Å². The van der Waals surface area contributed by atoms with Crippen LogP contribution in [-0.4, -0.2) is 5.12 Å². The Kier molecular flexibility index (Phi) is 3.78. The van der Waals surface area contributed by atoms with E-state index in [-0.39, 0.29) is 11.0 Å². The number of rotatable bonds is 3. The summed E-state index contributed by atoms with van der Waals surface area (Å²) in [6.07, 6.45) is 0.875. The highest BCUT2D eigenvalue weighted by atomic mass is 32.1. The maximum atomic E-state index is 10.6. The van der Waals surface area contributed by atoms with E-state index >= 15 is 0 Å². The van der Waals surface area contributed by atoms with E-state index < -0.39 is 0 Å². The highest BCUT2D eigenvalue weighted by Crippen LogP contribution is 2.16. The molecule has 0 bridgehead atoms. The quantitative estimate of drug-likeness (QED) is 0.596. The number of carbonyl (C=O) groups is 1. The fourth-order valence-corrected chi connectivity index (χ4v) is 1.35. The molecule has 0 aromatic rings. The molecule has 0 amide bonds. The average molecular weight is 145 g/mol. The first-order valence-electron chi connectivity index (χ1n) is 3.30. The van der Waals surface area contributed by atoms with Crippen molar-refractivity contribution >= 4 is 17.7 Å². The van der Waals surface area contributed by atoms with Gasteiger partial charge in [-0.2, -0.15) is 0 Å². The summed E-state index contributed by atoms with van der Waals surface area (Å²) in [5.41, 5.74) is 0. The lowest BCUT2D eigenvalue weighted by molar-refractivity contribution is -0.115. The second-order valence-electron chi connectivity index (χ2n) is 2.58. The minimum atomic E-state index is -0.0903. The highest BCUT2D eigenvalue weighted by molar-refractivity contribution is 7.96. The van der Waals surface area contributed by atoms with Gasteiger partial charge in [0.25, 0.3) is 0 Å². The van der Waals surface area contributed by atoms with Crippen molar-refractivity contribution in [2.45, 2.75) is 27.2 Å². The molecule has 9 heavy (non-hydrogen) atoms. The van der Waals surface area contributed by atoms with Crippen LogP contribution in [0.4, 0.5) is 0 Å². The topological polar surface area (TPSA) is 17.1 Å². The molecule has 0 aromatic carbocycles. The van der Waals surface area contributed by atoms with Crippen LogP contribution in [0.1, 0.15) is 27.2 Å². The first-order chi connectivity index (χ1) is 4.09. The summed E-state index contributed by atoms with van der Waals surface area (Å²) < 4.78 is 0. The smallest absolute Gasteiger partial charge is 0.222 e. The van der Waals surface area contributed by atoms with Crippen LogP contribution in [-0.2, 0) is 4.79 Å². The first-order valence-corrected chi connectivity index (χ1v) is 3.71. The normalized spacial score (nSPS) is 13.8. The van der Waals surface area contributed by atoms with Gasteiger partial charge >= 0.3 is 0 Å². The Morgan fingerprint density at radius 1 is 1.56 bits per heavy atom. The molecule has 2 heteroatoms. The van der Waals surface area contributed by atoms with E-state index in [0.717, 1.165) is 6.42 Å². The molecule has 1 radical (unpaired) electrons. The van der Waals surface area contributed by atoms with Gasteiger partial charge in [-0.25, -0.2) is 0 Å². The molecule has 1 unspecified atom stereocenters. The van der Waals surface area contributed by atoms with Gasteiger partial charge in [0.1, 0.15) is 0 Å². The van der Waals surface area contributed by atoms with Crippen molar-refractivity contribution in [3.63, 3.8) is 0 Å². The number of hydrogen-bond acceptors (Lipinski definition) is 1. The Balaban J connectivity index is 3.83. The molecule has 53 valence electrons. The van der Waals surface area contributed by atoms with Crippen molar-refractivity contribution in [2.75, 3.05) is 0 Å². The Morgan fingerprint density at radius 2 is 2.00 bits per heavy atom. The van der Waals surface area contributed by atoms with Gasteiger partial charge in [0.2, 0.25) is 5.12 Å². The van der Waals surface area contributed by atoms with E-state index in [0.29, 0.717) is 5.92 Å². The molecule has 0 aliphatic carbocycles. The van der Waals surface area contributed by atoms with E-state index in [1.807, 2.05) is 20.8 Å². The summed E-state index contributed by atoms with van der Waals surface area (Å²) in [4.78, 5) is 10.6. The minimum Gasteiger partial charge on any atom is -0.282 e. The first kappa shape index (κ1) is 8.89. The zero-order chi connectivity index (χ0) is 7.44. The van der Waals surface area contributed by atoms with Crippen molar-refractivity contribution in [1.82, 2.24) is 0 Å². The molecule has 0 aliphatic heterocycles. The van der Waals surface area contributed by atoms with Crippen LogP contribution in [0.2, 0.25) is 0 Å². The summed E-state index contributed by atoms with van der Waals surface area (Å²) in [6.45, 7) is 6.05. The molecule has 1 atom stereocenters. The fraction of sp³-hybridized carbons (Fsp3) is 0.857. The predicted molar refractivity (Wildman–Crippen MR) is 41.2 cm³/mol. The third kappa shape index (κ3) is 2.80. The van der Waals surface area contributed by atoms with E-state index in [1.54, 1.807) is 0 Å². The molecular formula is C7H13OS. The summed E-state index contributed by atoms with van der Waals surface area (Å²) in [5.74, 6) is 0.500. The van der Waals surface area contributed by atoms with Gasteiger partial charge in [0.15, 0.2) is 0 Å². The molecule has 0 spiro atoms. The molecule has 0 aliphatic rings. The maximum Gasteiger partial charge on any atom is 0.222 e. The molecule has 1 nitrogen and oxygen atoms in total. The molecule has 0 fully saturated rings. The van der Waals surface area contributed by atoms with Crippen LogP contribution in [0.3, 0.4) is 0 Å². The Bertz CT molecular complexity index is 99.1. The third-order valence-electron chi connectivity index (χ3n) is 1.55. The minimum absolute atomic E-state index is 0.0903. The largest absolute Gasteiger partial charge is 0.282 e. The van der Waals surface area contributed by atoms with Crippen LogP contribution >= 0.6 is 12.6 Å². The van der Waals surface area contributed by atoms with E-state index in [4.69, 9.17) is 0 Å². The van der Waals surface area contributed by atoms with Gasteiger partial charge in [-0.3, -0.25) is 4.79 Å².